The molecule has 0 saturated carbocycles. The molecule has 0 aliphatic carbocycles. The van der Waals surface area contributed by atoms with Gasteiger partial charge in [0.15, 0.2) is 0 Å². The maximum atomic E-state index is 13.0. The summed E-state index contributed by atoms with van der Waals surface area (Å²) in [4.78, 5) is 10.9. The van der Waals surface area contributed by atoms with Crippen molar-refractivity contribution in [1.82, 2.24) is 15.5 Å². The van der Waals surface area contributed by atoms with Gasteiger partial charge in [0.1, 0.15) is 0 Å². The zero-order chi connectivity index (χ0) is 18.8. The number of aromatic amines is 1. The first-order chi connectivity index (χ1) is 11.5. The van der Waals surface area contributed by atoms with Crippen LogP contribution in [0.1, 0.15) is 28.6 Å². The molecular weight excluding hydrogens is 358 g/mol. The highest BCUT2D eigenvalue weighted by atomic mass is 19.4. The van der Waals surface area contributed by atoms with Crippen molar-refractivity contribution < 1.29 is 30.8 Å². The van der Waals surface area contributed by atoms with E-state index in [1.165, 1.54) is 11.4 Å². The van der Waals surface area contributed by atoms with Gasteiger partial charge in [-0.2, -0.15) is 31.6 Å². The van der Waals surface area contributed by atoms with Crippen LogP contribution in [0.3, 0.4) is 0 Å². The molecule has 0 fully saturated rings. The summed E-state index contributed by atoms with van der Waals surface area (Å²) in [5, 5.41) is 15.1. The molecule has 0 bridgehead atoms. The van der Waals surface area contributed by atoms with Crippen LogP contribution in [0.15, 0.2) is 27.4 Å². The van der Waals surface area contributed by atoms with Gasteiger partial charge in [-0.1, -0.05) is 6.07 Å². The predicted octanol–water partition coefficient (Wildman–Crippen LogP) is 2.65. The molecule has 2 rings (SSSR count). The molecule has 0 spiro atoms. The molecule has 0 aliphatic heterocycles. The molecule has 1 aromatic heterocycles. The van der Waals surface area contributed by atoms with Gasteiger partial charge in [-0.25, -0.2) is 15.2 Å². The summed E-state index contributed by atoms with van der Waals surface area (Å²) in [6.45, 7) is 0. The number of rotatable bonds is 4. The molecule has 6 nitrogen and oxygen atoms in total. The molecule has 0 radical (unpaired) electrons. The van der Waals surface area contributed by atoms with E-state index in [1.54, 1.807) is 0 Å². The molecular formula is C13H8F6N4O2. The second-order valence-corrected chi connectivity index (χ2v) is 4.82. The zero-order valence-corrected chi connectivity index (χ0v) is 12.0. The molecule has 0 aliphatic rings. The van der Waals surface area contributed by atoms with Crippen LogP contribution in [0.2, 0.25) is 0 Å². The minimum Gasteiger partial charge on any atom is -0.392 e. The number of halogens is 6. The molecule has 1 atom stereocenters. The van der Waals surface area contributed by atoms with Crippen LogP contribution in [-0.2, 0) is 12.6 Å². The fraction of sp³-hybridized carbons (Fsp3) is 0.308. The van der Waals surface area contributed by atoms with Crippen LogP contribution in [0, 0.1) is 11.3 Å². The Kier molecular flexibility index (Phi) is 4.89. The Morgan fingerprint density at radius 3 is 2.44 bits per heavy atom. The number of nitriles is 1. The Labute approximate surface area is 135 Å². The van der Waals surface area contributed by atoms with Gasteiger partial charge in [-0.15, -0.1) is 5.10 Å². The molecule has 0 saturated heterocycles. The van der Waals surface area contributed by atoms with Crippen molar-refractivity contribution in [2.75, 3.05) is 0 Å². The van der Waals surface area contributed by atoms with Crippen LogP contribution < -0.4 is 11.1 Å². The third-order valence-electron chi connectivity index (χ3n) is 3.07. The first-order valence-electron chi connectivity index (χ1n) is 6.49. The summed E-state index contributed by atoms with van der Waals surface area (Å²) in [5.74, 6) is -1.44. The molecule has 2 aromatic rings. The lowest BCUT2D eigenvalue weighted by Gasteiger charge is -2.21. The van der Waals surface area contributed by atoms with Crippen molar-refractivity contribution in [2.45, 2.75) is 24.9 Å². The van der Waals surface area contributed by atoms with Gasteiger partial charge in [-0.3, -0.25) is 0 Å². The molecule has 1 unspecified atom stereocenters. The number of hydrogen-bond donors (Lipinski definition) is 2. The van der Waals surface area contributed by atoms with Crippen molar-refractivity contribution in [2.24, 2.45) is 0 Å². The third kappa shape index (κ3) is 4.83. The highest BCUT2D eigenvalue weighted by Gasteiger charge is 2.36. The standard InChI is InChI=1S/C13H8F6N4O2/c14-12(15,16)8-3-6(1-2-7(8)5-20)9(21-13(17,18)19)4-10-22-23-11(24)25-10/h1-3,9,21H,4H2,(H,23,24). The van der Waals surface area contributed by atoms with Crippen LogP contribution >= 0.6 is 0 Å². The lowest BCUT2D eigenvalue weighted by atomic mass is 9.97. The number of H-pyrrole nitrogens is 1. The fourth-order valence-corrected chi connectivity index (χ4v) is 2.08. The topological polar surface area (TPSA) is 94.7 Å². The summed E-state index contributed by atoms with van der Waals surface area (Å²) >= 11 is 0. The molecule has 1 aromatic carbocycles. The molecule has 1 heterocycles. The van der Waals surface area contributed by atoms with E-state index in [4.69, 9.17) is 5.26 Å². The fourth-order valence-electron chi connectivity index (χ4n) is 2.08. The summed E-state index contributed by atoms with van der Waals surface area (Å²) in [7, 11) is 0. The number of nitrogens with zero attached hydrogens (tertiary/aromatic N) is 2. The summed E-state index contributed by atoms with van der Waals surface area (Å²) < 4.78 is 81.4. The summed E-state index contributed by atoms with van der Waals surface area (Å²) in [6, 6.07) is 1.76. The van der Waals surface area contributed by atoms with Crippen LogP contribution in [0.25, 0.3) is 0 Å². The second kappa shape index (κ2) is 6.60. The number of benzene rings is 1. The first kappa shape index (κ1) is 18.5. The molecule has 134 valence electrons. The first-order valence-corrected chi connectivity index (χ1v) is 6.49. The van der Waals surface area contributed by atoms with Crippen molar-refractivity contribution >= 4 is 0 Å². The lowest BCUT2D eigenvalue weighted by Crippen LogP contribution is -2.36. The molecule has 12 heteroatoms. The van der Waals surface area contributed by atoms with Crippen LogP contribution in [0.4, 0.5) is 26.3 Å². The highest BCUT2D eigenvalue weighted by molar-refractivity contribution is 5.43. The van der Waals surface area contributed by atoms with Crippen molar-refractivity contribution in [1.29, 1.82) is 5.26 Å². The van der Waals surface area contributed by atoms with E-state index in [1.807, 2.05) is 5.10 Å². The number of aromatic nitrogens is 2. The SMILES string of the molecule is N#Cc1ccc(C(Cc2n[nH]c(=O)o2)NC(F)(F)F)cc1C(F)(F)F. The average Bonchev–Trinajstić information content (AvgIpc) is 2.89. The van der Waals surface area contributed by atoms with E-state index in [0.29, 0.717) is 6.07 Å². The molecule has 0 amide bonds. The lowest BCUT2D eigenvalue weighted by molar-refractivity contribution is -0.164. The van der Waals surface area contributed by atoms with Crippen molar-refractivity contribution in [3.8, 4) is 6.07 Å². The third-order valence-corrected chi connectivity index (χ3v) is 3.07. The minimum absolute atomic E-state index is 0.408. The average molecular weight is 366 g/mol. The number of hydrogen-bond acceptors (Lipinski definition) is 5. The second-order valence-electron chi connectivity index (χ2n) is 4.82. The predicted molar refractivity (Wildman–Crippen MR) is 68.9 cm³/mol. The van der Waals surface area contributed by atoms with Crippen molar-refractivity contribution in [3.63, 3.8) is 0 Å². The number of nitrogens with one attached hydrogen (secondary N) is 2. The molecule has 25 heavy (non-hydrogen) atoms. The van der Waals surface area contributed by atoms with Gasteiger partial charge in [0, 0.05) is 12.5 Å². The monoisotopic (exact) mass is 366 g/mol. The normalized spacial score (nSPS) is 13.5. The van der Waals surface area contributed by atoms with Gasteiger partial charge < -0.3 is 4.42 Å². The van der Waals surface area contributed by atoms with Gasteiger partial charge in [0.25, 0.3) is 0 Å². The van der Waals surface area contributed by atoms with Gasteiger partial charge >= 0.3 is 18.2 Å². The van der Waals surface area contributed by atoms with E-state index >= 15 is 0 Å². The maximum absolute atomic E-state index is 13.0. The molecule has 2 N–H and O–H groups in total. The van der Waals surface area contributed by atoms with Crippen LogP contribution in [0.5, 0.6) is 0 Å². The number of alkyl halides is 6. The van der Waals surface area contributed by atoms with Gasteiger partial charge in [0.2, 0.25) is 5.89 Å². The summed E-state index contributed by atoms with van der Waals surface area (Å²) in [6.07, 6.45) is -10.5. The van der Waals surface area contributed by atoms with Crippen molar-refractivity contribution in [3.05, 3.63) is 51.3 Å². The van der Waals surface area contributed by atoms with E-state index in [2.05, 4.69) is 9.52 Å². The Hall–Kier alpha value is -2.81. The smallest absolute Gasteiger partial charge is 0.392 e. The van der Waals surface area contributed by atoms with E-state index in [-0.39, 0.29) is 0 Å². The van der Waals surface area contributed by atoms with Crippen LogP contribution in [-0.4, -0.2) is 16.5 Å². The Morgan fingerprint density at radius 1 is 1.28 bits per heavy atom. The Balaban J connectivity index is 2.46. The highest BCUT2D eigenvalue weighted by Crippen LogP contribution is 2.34. The van der Waals surface area contributed by atoms with E-state index in [9.17, 15) is 31.1 Å². The van der Waals surface area contributed by atoms with E-state index in [0.717, 1.165) is 12.1 Å². The largest absolute Gasteiger partial charge is 0.457 e. The zero-order valence-electron chi connectivity index (χ0n) is 12.0. The maximum Gasteiger partial charge on any atom is 0.457 e. The minimum atomic E-state index is -4.93. The Morgan fingerprint density at radius 2 is 1.96 bits per heavy atom. The quantitative estimate of drug-likeness (QED) is 0.641. The Bertz CT molecular complexity index is 846. The van der Waals surface area contributed by atoms with E-state index < -0.39 is 53.3 Å². The van der Waals surface area contributed by atoms with Gasteiger partial charge in [0.05, 0.1) is 17.2 Å². The van der Waals surface area contributed by atoms with Gasteiger partial charge in [-0.05, 0) is 17.7 Å². The summed E-state index contributed by atoms with van der Waals surface area (Å²) in [5.41, 5.74) is -2.51.